The molecule has 1 fully saturated rings. The summed E-state index contributed by atoms with van der Waals surface area (Å²) in [5.74, 6) is -1.25. The second kappa shape index (κ2) is 9.34. The van der Waals surface area contributed by atoms with E-state index in [1.807, 2.05) is 4.90 Å². The zero-order valence-electron chi connectivity index (χ0n) is 15.9. The maximum atomic E-state index is 14.3. The molecule has 0 aromatic heterocycles. The summed E-state index contributed by atoms with van der Waals surface area (Å²) in [6.07, 6.45) is -1.12. The van der Waals surface area contributed by atoms with E-state index in [2.05, 4.69) is 4.72 Å². The van der Waals surface area contributed by atoms with Gasteiger partial charge in [-0.15, -0.1) is 0 Å². The number of nitrogens with one attached hydrogen (secondary N) is 1. The molecular weight excluding hydrogens is 444 g/mol. The lowest BCUT2D eigenvalue weighted by Crippen LogP contribution is -2.34. The summed E-state index contributed by atoms with van der Waals surface area (Å²) in [6.45, 7) is 0.853. The summed E-state index contributed by atoms with van der Waals surface area (Å²) in [7, 11) is 0. The van der Waals surface area contributed by atoms with Gasteiger partial charge in [-0.25, -0.2) is 4.39 Å². The monoisotopic (exact) mass is 462 g/mol. The Balaban J connectivity index is 1.69. The molecule has 162 valence electrons. The molecule has 2 aromatic rings. The Morgan fingerprint density at radius 2 is 2.00 bits per heavy atom. The van der Waals surface area contributed by atoms with Crippen molar-refractivity contribution in [1.82, 2.24) is 4.72 Å². The molecule has 1 saturated heterocycles. The third-order valence-corrected chi connectivity index (χ3v) is 5.48. The van der Waals surface area contributed by atoms with Gasteiger partial charge in [0.2, 0.25) is 0 Å². The van der Waals surface area contributed by atoms with Crippen molar-refractivity contribution < 1.29 is 27.1 Å². The predicted molar refractivity (Wildman–Crippen MR) is 110 cm³/mol. The standard InChI is InChI=1S/C20H19ClF4N2O2S/c1-30-26-19(28)15-9-16(21)18(10-17(15)22)29-11-14-3-2-8-27(14)13-6-4-12(5-7-13)20(23,24)25/h4-7,9-10,14H,2-3,8,11H2,1H3,(H,26,28). The summed E-state index contributed by atoms with van der Waals surface area (Å²) in [6, 6.07) is 7.15. The number of carbonyl (C=O) groups excluding carboxylic acids is 1. The van der Waals surface area contributed by atoms with Crippen molar-refractivity contribution in [1.29, 1.82) is 0 Å². The number of benzene rings is 2. The largest absolute Gasteiger partial charge is 0.490 e. The molecule has 0 aliphatic carbocycles. The highest BCUT2D eigenvalue weighted by Gasteiger charge is 2.31. The molecule has 0 bridgehead atoms. The molecule has 1 aliphatic heterocycles. The average molecular weight is 463 g/mol. The van der Waals surface area contributed by atoms with Gasteiger partial charge in [0.15, 0.2) is 0 Å². The van der Waals surface area contributed by atoms with Crippen molar-refractivity contribution in [2.24, 2.45) is 0 Å². The number of nitrogens with zero attached hydrogens (tertiary/aromatic N) is 1. The van der Waals surface area contributed by atoms with Gasteiger partial charge >= 0.3 is 6.18 Å². The minimum absolute atomic E-state index is 0.0969. The van der Waals surface area contributed by atoms with Crippen LogP contribution in [0.1, 0.15) is 28.8 Å². The quantitative estimate of drug-likeness (QED) is 0.451. The number of amides is 1. The molecule has 30 heavy (non-hydrogen) atoms. The van der Waals surface area contributed by atoms with E-state index < -0.39 is 23.5 Å². The number of rotatable bonds is 6. The highest BCUT2D eigenvalue weighted by Crippen LogP contribution is 2.33. The van der Waals surface area contributed by atoms with E-state index in [-0.39, 0.29) is 29.0 Å². The van der Waals surface area contributed by atoms with Crippen molar-refractivity contribution >= 4 is 35.1 Å². The van der Waals surface area contributed by atoms with Crippen molar-refractivity contribution in [2.45, 2.75) is 25.1 Å². The van der Waals surface area contributed by atoms with Crippen LogP contribution in [0.2, 0.25) is 5.02 Å². The zero-order valence-corrected chi connectivity index (χ0v) is 17.5. The number of carbonyl (C=O) groups is 1. The first-order valence-corrected chi connectivity index (χ1v) is 10.7. The van der Waals surface area contributed by atoms with Crippen LogP contribution in [0.3, 0.4) is 0 Å². The molecule has 3 rings (SSSR count). The molecule has 10 heteroatoms. The van der Waals surface area contributed by atoms with Crippen LogP contribution in [0.5, 0.6) is 5.75 Å². The van der Waals surface area contributed by atoms with Crippen LogP contribution in [0, 0.1) is 5.82 Å². The Morgan fingerprint density at radius 1 is 1.30 bits per heavy atom. The van der Waals surface area contributed by atoms with Crippen molar-refractivity contribution in [2.75, 3.05) is 24.3 Å². The first-order chi connectivity index (χ1) is 14.2. The smallest absolute Gasteiger partial charge is 0.416 e. The van der Waals surface area contributed by atoms with Crippen molar-refractivity contribution in [3.8, 4) is 5.75 Å². The number of hydrogen-bond acceptors (Lipinski definition) is 4. The maximum Gasteiger partial charge on any atom is 0.416 e. The fraction of sp³-hybridized carbons (Fsp3) is 0.350. The molecule has 1 heterocycles. The van der Waals surface area contributed by atoms with Crippen LogP contribution >= 0.6 is 23.5 Å². The Bertz CT molecular complexity index is 909. The number of ether oxygens (including phenoxy) is 1. The Morgan fingerprint density at radius 3 is 2.63 bits per heavy atom. The fourth-order valence-corrected chi connectivity index (χ4v) is 3.85. The minimum atomic E-state index is -4.38. The number of halogens is 5. The van der Waals surface area contributed by atoms with E-state index in [1.165, 1.54) is 18.2 Å². The van der Waals surface area contributed by atoms with Crippen LogP contribution in [0.25, 0.3) is 0 Å². The molecule has 0 saturated carbocycles. The van der Waals surface area contributed by atoms with Gasteiger partial charge in [0.1, 0.15) is 18.2 Å². The van der Waals surface area contributed by atoms with Crippen LogP contribution in [-0.4, -0.2) is 31.4 Å². The first kappa shape index (κ1) is 22.6. The molecule has 0 radical (unpaired) electrons. The molecule has 1 amide bonds. The van der Waals surface area contributed by atoms with Gasteiger partial charge in [0.25, 0.3) is 5.91 Å². The number of anilines is 1. The van der Waals surface area contributed by atoms with E-state index in [9.17, 15) is 22.4 Å². The van der Waals surface area contributed by atoms with Crippen molar-refractivity contribution in [3.63, 3.8) is 0 Å². The lowest BCUT2D eigenvalue weighted by Gasteiger charge is -2.27. The zero-order chi connectivity index (χ0) is 21.9. The molecule has 1 unspecified atom stereocenters. The molecule has 4 nitrogen and oxygen atoms in total. The molecule has 1 atom stereocenters. The summed E-state index contributed by atoms with van der Waals surface area (Å²) >= 11 is 7.19. The lowest BCUT2D eigenvalue weighted by atomic mass is 10.1. The summed E-state index contributed by atoms with van der Waals surface area (Å²) in [4.78, 5) is 13.8. The molecule has 0 spiro atoms. The van der Waals surface area contributed by atoms with Gasteiger partial charge in [-0.1, -0.05) is 23.5 Å². The van der Waals surface area contributed by atoms with E-state index in [1.54, 1.807) is 6.26 Å². The summed E-state index contributed by atoms with van der Waals surface area (Å²) < 4.78 is 60.7. The van der Waals surface area contributed by atoms with Gasteiger partial charge in [0, 0.05) is 24.6 Å². The van der Waals surface area contributed by atoms with Gasteiger partial charge in [-0.05, 0) is 43.2 Å². The second-order valence-corrected chi connectivity index (χ2v) is 7.76. The first-order valence-electron chi connectivity index (χ1n) is 9.09. The normalized spacial score (nSPS) is 16.6. The van der Waals surface area contributed by atoms with E-state index >= 15 is 0 Å². The number of hydrogen-bond donors (Lipinski definition) is 1. The fourth-order valence-electron chi connectivity index (χ4n) is 3.34. The lowest BCUT2D eigenvalue weighted by molar-refractivity contribution is -0.137. The van der Waals surface area contributed by atoms with Gasteiger partial charge in [0.05, 0.1) is 22.2 Å². The van der Waals surface area contributed by atoms with E-state index in [4.69, 9.17) is 16.3 Å². The maximum absolute atomic E-state index is 14.3. The van der Waals surface area contributed by atoms with E-state index in [0.717, 1.165) is 43.0 Å². The van der Waals surface area contributed by atoms with Crippen LogP contribution in [-0.2, 0) is 6.18 Å². The van der Waals surface area contributed by atoms with Crippen LogP contribution in [0.4, 0.5) is 23.2 Å². The third-order valence-electron chi connectivity index (χ3n) is 4.80. The second-order valence-electron chi connectivity index (χ2n) is 6.74. The van der Waals surface area contributed by atoms with Crippen LogP contribution in [0.15, 0.2) is 36.4 Å². The Kier molecular flexibility index (Phi) is 7.02. The van der Waals surface area contributed by atoms with Crippen molar-refractivity contribution in [3.05, 3.63) is 58.4 Å². The summed E-state index contributed by atoms with van der Waals surface area (Å²) in [5.41, 5.74) is -0.226. The molecule has 1 aliphatic rings. The Labute approximate surface area is 180 Å². The molecule has 1 N–H and O–H groups in total. The van der Waals surface area contributed by atoms with Gasteiger partial charge < -0.3 is 9.64 Å². The third kappa shape index (κ3) is 5.13. The average Bonchev–Trinajstić information content (AvgIpc) is 3.16. The number of alkyl halides is 3. The predicted octanol–water partition coefficient (Wildman–Crippen LogP) is 5.55. The highest BCUT2D eigenvalue weighted by atomic mass is 35.5. The summed E-state index contributed by atoms with van der Waals surface area (Å²) in [5, 5.41) is 0.0988. The van der Waals surface area contributed by atoms with Gasteiger partial charge in [-0.3, -0.25) is 9.52 Å². The Hall–Kier alpha value is -2.13. The SMILES string of the molecule is CSNC(=O)c1cc(Cl)c(OCC2CCCN2c2ccc(C(F)(F)F)cc2)cc1F. The molecule has 2 aromatic carbocycles. The highest BCUT2D eigenvalue weighted by molar-refractivity contribution is 7.97. The van der Waals surface area contributed by atoms with E-state index in [0.29, 0.717) is 12.2 Å². The topological polar surface area (TPSA) is 41.6 Å². The molecular formula is C20H19ClF4N2O2S. The minimum Gasteiger partial charge on any atom is -0.490 e. The van der Waals surface area contributed by atoms with Crippen LogP contribution < -0.4 is 14.4 Å². The van der Waals surface area contributed by atoms with Gasteiger partial charge in [-0.2, -0.15) is 13.2 Å².